The fourth-order valence-corrected chi connectivity index (χ4v) is 2.75. The SMILES string of the molecule is c1ccc(OCCCNC2CCCCCCC2)cc1. The zero-order chi connectivity index (χ0) is 13.2. The van der Waals surface area contributed by atoms with Crippen molar-refractivity contribution >= 4 is 0 Å². The Hall–Kier alpha value is -1.02. The van der Waals surface area contributed by atoms with Crippen LogP contribution in [0.5, 0.6) is 5.75 Å². The van der Waals surface area contributed by atoms with Crippen molar-refractivity contribution in [1.82, 2.24) is 5.32 Å². The summed E-state index contributed by atoms with van der Waals surface area (Å²) in [5, 5.41) is 3.70. The predicted octanol–water partition coefficient (Wildman–Crippen LogP) is 4.16. The summed E-state index contributed by atoms with van der Waals surface area (Å²) in [6, 6.07) is 10.8. The normalized spacial score (nSPS) is 17.7. The van der Waals surface area contributed by atoms with E-state index in [1.165, 1.54) is 44.9 Å². The van der Waals surface area contributed by atoms with E-state index in [1.807, 2.05) is 30.3 Å². The van der Waals surface area contributed by atoms with Crippen LogP contribution in [0.2, 0.25) is 0 Å². The lowest BCUT2D eigenvalue weighted by molar-refractivity contribution is 0.299. The highest BCUT2D eigenvalue weighted by Gasteiger charge is 2.09. The monoisotopic (exact) mass is 261 g/mol. The van der Waals surface area contributed by atoms with Crippen LogP contribution in [-0.2, 0) is 0 Å². The van der Waals surface area contributed by atoms with E-state index >= 15 is 0 Å². The third-order valence-corrected chi connectivity index (χ3v) is 3.87. The van der Waals surface area contributed by atoms with Gasteiger partial charge in [-0.25, -0.2) is 0 Å². The van der Waals surface area contributed by atoms with Crippen LogP contribution in [0.25, 0.3) is 0 Å². The predicted molar refractivity (Wildman–Crippen MR) is 80.7 cm³/mol. The van der Waals surface area contributed by atoms with Crippen LogP contribution < -0.4 is 10.1 Å². The van der Waals surface area contributed by atoms with Gasteiger partial charge < -0.3 is 10.1 Å². The van der Waals surface area contributed by atoms with Gasteiger partial charge in [-0.05, 0) is 37.9 Å². The second-order valence-electron chi connectivity index (χ2n) is 5.51. The van der Waals surface area contributed by atoms with E-state index in [0.29, 0.717) is 0 Å². The highest BCUT2D eigenvalue weighted by Crippen LogP contribution is 2.17. The minimum absolute atomic E-state index is 0.747. The number of rotatable bonds is 6. The first-order valence-electron chi connectivity index (χ1n) is 7.86. The number of hydrogen-bond donors (Lipinski definition) is 1. The van der Waals surface area contributed by atoms with Crippen molar-refractivity contribution in [1.29, 1.82) is 0 Å². The minimum atomic E-state index is 0.747. The molecule has 106 valence electrons. The zero-order valence-corrected chi connectivity index (χ0v) is 11.9. The molecule has 1 saturated carbocycles. The van der Waals surface area contributed by atoms with Crippen LogP contribution >= 0.6 is 0 Å². The lowest BCUT2D eigenvalue weighted by Crippen LogP contribution is -2.31. The Balaban J connectivity index is 1.53. The first-order valence-corrected chi connectivity index (χ1v) is 7.86. The summed E-state index contributed by atoms with van der Waals surface area (Å²) in [4.78, 5) is 0. The summed E-state index contributed by atoms with van der Waals surface area (Å²) in [5.74, 6) is 0.980. The Morgan fingerprint density at radius 3 is 2.37 bits per heavy atom. The second-order valence-corrected chi connectivity index (χ2v) is 5.51. The molecular formula is C17H27NO. The van der Waals surface area contributed by atoms with Gasteiger partial charge in [0.1, 0.15) is 5.75 Å². The van der Waals surface area contributed by atoms with E-state index in [0.717, 1.165) is 31.4 Å². The van der Waals surface area contributed by atoms with E-state index in [1.54, 1.807) is 0 Å². The molecule has 0 heterocycles. The van der Waals surface area contributed by atoms with E-state index < -0.39 is 0 Å². The summed E-state index contributed by atoms with van der Waals surface area (Å²) >= 11 is 0. The van der Waals surface area contributed by atoms with E-state index in [9.17, 15) is 0 Å². The molecule has 1 fully saturated rings. The lowest BCUT2D eigenvalue weighted by Gasteiger charge is -2.21. The van der Waals surface area contributed by atoms with Crippen LogP contribution in [0, 0.1) is 0 Å². The molecule has 2 nitrogen and oxygen atoms in total. The van der Waals surface area contributed by atoms with Crippen LogP contribution in [0.4, 0.5) is 0 Å². The number of para-hydroxylation sites is 1. The number of ether oxygens (including phenoxy) is 1. The van der Waals surface area contributed by atoms with Crippen molar-refractivity contribution in [2.45, 2.75) is 57.4 Å². The van der Waals surface area contributed by atoms with Gasteiger partial charge in [-0.15, -0.1) is 0 Å². The van der Waals surface area contributed by atoms with Crippen molar-refractivity contribution in [3.63, 3.8) is 0 Å². The molecule has 1 aromatic rings. The second kappa shape index (κ2) is 8.98. The molecule has 1 aliphatic carbocycles. The minimum Gasteiger partial charge on any atom is -0.494 e. The molecule has 0 amide bonds. The topological polar surface area (TPSA) is 21.3 Å². The average molecular weight is 261 g/mol. The van der Waals surface area contributed by atoms with Gasteiger partial charge in [0, 0.05) is 6.04 Å². The first kappa shape index (κ1) is 14.4. The van der Waals surface area contributed by atoms with Gasteiger partial charge in [0.05, 0.1) is 6.61 Å². The van der Waals surface area contributed by atoms with Crippen molar-refractivity contribution in [2.24, 2.45) is 0 Å². The maximum Gasteiger partial charge on any atom is 0.119 e. The largest absolute Gasteiger partial charge is 0.494 e. The summed E-state index contributed by atoms with van der Waals surface area (Å²) in [7, 11) is 0. The molecule has 0 atom stereocenters. The zero-order valence-electron chi connectivity index (χ0n) is 11.9. The molecule has 19 heavy (non-hydrogen) atoms. The van der Waals surface area contributed by atoms with E-state index in [2.05, 4.69) is 5.32 Å². The Labute approximate surface area is 117 Å². The van der Waals surface area contributed by atoms with Gasteiger partial charge in [-0.2, -0.15) is 0 Å². The third-order valence-electron chi connectivity index (χ3n) is 3.87. The summed E-state index contributed by atoms with van der Waals surface area (Å²) in [5.41, 5.74) is 0. The lowest BCUT2D eigenvalue weighted by atomic mass is 9.97. The molecule has 2 rings (SSSR count). The fraction of sp³-hybridized carbons (Fsp3) is 0.647. The fourth-order valence-electron chi connectivity index (χ4n) is 2.75. The van der Waals surface area contributed by atoms with Gasteiger partial charge in [0.15, 0.2) is 0 Å². The highest BCUT2D eigenvalue weighted by atomic mass is 16.5. The van der Waals surface area contributed by atoms with E-state index in [-0.39, 0.29) is 0 Å². The quantitative estimate of drug-likeness (QED) is 0.776. The molecule has 1 N–H and O–H groups in total. The maximum absolute atomic E-state index is 5.70. The number of benzene rings is 1. The van der Waals surface area contributed by atoms with Crippen LogP contribution in [0.1, 0.15) is 51.4 Å². The molecule has 0 radical (unpaired) electrons. The highest BCUT2D eigenvalue weighted by molar-refractivity contribution is 5.20. The molecular weight excluding hydrogens is 234 g/mol. The standard InChI is InChI=1S/C17H27NO/c1-2-5-10-16(11-6-3-1)18-14-9-15-19-17-12-7-4-8-13-17/h4,7-8,12-13,16,18H,1-3,5-6,9-11,14-15H2. The van der Waals surface area contributed by atoms with Crippen molar-refractivity contribution < 1.29 is 4.74 Å². The molecule has 0 bridgehead atoms. The average Bonchev–Trinajstić information content (AvgIpc) is 2.41. The maximum atomic E-state index is 5.70. The number of hydrogen-bond acceptors (Lipinski definition) is 2. The summed E-state index contributed by atoms with van der Waals surface area (Å²) in [6.07, 6.45) is 10.9. The van der Waals surface area contributed by atoms with Crippen molar-refractivity contribution in [3.8, 4) is 5.75 Å². The van der Waals surface area contributed by atoms with Gasteiger partial charge in [0.2, 0.25) is 0 Å². The Bertz CT molecular complexity index is 317. The summed E-state index contributed by atoms with van der Waals surface area (Å²) in [6.45, 7) is 1.89. The van der Waals surface area contributed by atoms with Crippen molar-refractivity contribution in [3.05, 3.63) is 30.3 Å². The smallest absolute Gasteiger partial charge is 0.119 e. The van der Waals surface area contributed by atoms with Crippen LogP contribution in [0.3, 0.4) is 0 Å². The third kappa shape index (κ3) is 6.11. The molecule has 0 saturated heterocycles. The Morgan fingerprint density at radius 1 is 0.947 bits per heavy atom. The Morgan fingerprint density at radius 2 is 1.63 bits per heavy atom. The molecule has 1 aliphatic rings. The molecule has 1 aromatic carbocycles. The van der Waals surface area contributed by atoms with Gasteiger partial charge in [0.25, 0.3) is 0 Å². The molecule has 0 aliphatic heterocycles. The Kier molecular flexibility index (Phi) is 6.80. The van der Waals surface area contributed by atoms with Gasteiger partial charge in [-0.1, -0.05) is 50.3 Å². The molecule has 2 heteroatoms. The molecule has 0 spiro atoms. The van der Waals surface area contributed by atoms with Gasteiger partial charge in [-0.3, -0.25) is 0 Å². The van der Waals surface area contributed by atoms with Crippen LogP contribution in [0.15, 0.2) is 30.3 Å². The number of nitrogens with one attached hydrogen (secondary N) is 1. The van der Waals surface area contributed by atoms with E-state index in [4.69, 9.17) is 4.74 Å². The van der Waals surface area contributed by atoms with Gasteiger partial charge >= 0.3 is 0 Å². The van der Waals surface area contributed by atoms with Crippen molar-refractivity contribution in [2.75, 3.05) is 13.2 Å². The molecule has 0 aromatic heterocycles. The van der Waals surface area contributed by atoms with Crippen LogP contribution in [-0.4, -0.2) is 19.2 Å². The molecule has 0 unspecified atom stereocenters. The summed E-state index contributed by atoms with van der Waals surface area (Å²) < 4.78 is 5.70. The first-order chi connectivity index (χ1) is 9.45.